The molecule has 0 fully saturated rings. The van der Waals surface area contributed by atoms with Crippen LogP contribution in [0.2, 0.25) is 0 Å². The lowest BCUT2D eigenvalue weighted by Crippen LogP contribution is -2.15. The van der Waals surface area contributed by atoms with Gasteiger partial charge in [-0.2, -0.15) is 0 Å². The van der Waals surface area contributed by atoms with Crippen LogP contribution >= 0.6 is 0 Å². The number of esters is 1. The quantitative estimate of drug-likeness (QED) is 0.0753. The van der Waals surface area contributed by atoms with E-state index in [-0.39, 0.29) is 25.6 Å². The Bertz CT molecular complexity index is 2430. The van der Waals surface area contributed by atoms with Crippen LogP contribution in [0.3, 0.4) is 0 Å². The molecule has 0 amide bonds. The topological polar surface area (TPSA) is 54.0 Å². The summed E-state index contributed by atoms with van der Waals surface area (Å²) in [6, 6.07) is 44.0. The molecule has 0 aliphatic rings. The predicted molar refractivity (Wildman–Crippen MR) is 199 cm³/mol. The Labute approximate surface area is 284 Å². The zero-order chi connectivity index (χ0) is 33.2. The van der Waals surface area contributed by atoms with Gasteiger partial charge in [-0.05, 0) is 78.5 Å². The van der Waals surface area contributed by atoms with Gasteiger partial charge in [-0.1, -0.05) is 115 Å². The van der Waals surface area contributed by atoms with Gasteiger partial charge in [0.25, 0.3) is 0 Å². The van der Waals surface area contributed by atoms with Crippen LogP contribution in [0.4, 0.5) is 0 Å². The van der Waals surface area contributed by atoms with Crippen LogP contribution in [-0.2, 0) is 20.7 Å². The van der Waals surface area contributed by atoms with Gasteiger partial charge in [-0.3, -0.25) is 4.79 Å². The van der Waals surface area contributed by atoms with Crippen LogP contribution < -0.4 is 9.47 Å². The van der Waals surface area contributed by atoms with Gasteiger partial charge in [0.15, 0.2) is 0 Å². The first-order chi connectivity index (χ1) is 24.2. The van der Waals surface area contributed by atoms with Crippen LogP contribution in [0.5, 0.6) is 11.5 Å². The molecule has 0 saturated carbocycles. The van der Waals surface area contributed by atoms with Crippen LogP contribution in [0.15, 0.2) is 127 Å². The van der Waals surface area contributed by atoms with Gasteiger partial charge in [0.1, 0.15) is 24.7 Å². The molecule has 0 saturated heterocycles. The highest BCUT2D eigenvalue weighted by Crippen LogP contribution is 2.45. The molecule has 0 bridgehead atoms. The second-order valence-electron chi connectivity index (χ2n) is 12.2. The van der Waals surface area contributed by atoms with Crippen molar-refractivity contribution in [1.29, 1.82) is 0 Å². The van der Waals surface area contributed by atoms with Crippen molar-refractivity contribution in [2.75, 3.05) is 33.0 Å². The minimum Gasteiger partial charge on any atom is -0.493 e. The maximum Gasteiger partial charge on any atom is 0.310 e. The summed E-state index contributed by atoms with van der Waals surface area (Å²) in [5, 5.41) is 11.6. The van der Waals surface area contributed by atoms with E-state index < -0.39 is 0 Å². The number of rotatable bonds is 12. The minimum atomic E-state index is -0.268. The normalized spacial score (nSPS) is 11.6. The van der Waals surface area contributed by atoms with E-state index in [1.807, 2.05) is 31.2 Å². The van der Waals surface area contributed by atoms with Crippen molar-refractivity contribution >= 4 is 59.8 Å². The van der Waals surface area contributed by atoms with Gasteiger partial charge < -0.3 is 18.9 Å². The predicted octanol–water partition coefficient (Wildman–Crippen LogP) is 10.1. The summed E-state index contributed by atoms with van der Waals surface area (Å²) in [6.07, 6.45) is 0.208. The Hall–Kier alpha value is -5.65. The zero-order valence-electron chi connectivity index (χ0n) is 27.4. The van der Waals surface area contributed by atoms with Gasteiger partial charge in [0.2, 0.25) is 0 Å². The standard InChI is InChI=1S/C44H36O5/c1-2-47-38-22-19-29-8-3-5-12-35(29)43(38)44-36-13-6-4-9-30(36)20-23-39(44)48-26-24-46-25-27-49-40(45)28-34-17-16-33-15-14-31-10-7-11-32-18-21-37(34)42(33)41(31)32/h3-23H,2,24-28H2,1H3. The van der Waals surface area contributed by atoms with E-state index in [9.17, 15) is 4.79 Å². The summed E-state index contributed by atoms with van der Waals surface area (Å²) >= 11 is 0. The fourth-order valence-corrected chi connectivity index (χ4v) is 7.10. The van der Waals surface area contributed by atoms with Crippen molar-refractivity contribution in [3.63, 3.8) is 0 Å². The molecule has 5 nitrogen and oxygen atoms in total. The molecule has 49 heavy (non-hydrogen) atoms. The van der Waals surface area contributed by atoms with E-state index in [0.717, 1.165) is 55.1 Å². The first-order valence-electron chi connectivity index (χ1n) is 16.9. The molecule has 0 radical (unpaired) electrons. The van der Waals surface area contributed by atoms with E-state index in [2.05, 4.69) is 103 Å². The Morgan fingerprint density at radius 3 is 1.73 bits per heavy atom. The molecular weight excluding hydrogens is 608 g/mol. The number of carbonyl (C=O) groups is 1. The third-order valence-electron chi connectivity index (χ3n) is 9.26. The lowest BCUT2D eigenvalue weighted by Gasteiger charge is -2.19. The number of fused-ring (bicyclic) bond motifs is 2. The average molecular weight is 645 g/mol. The maximum atomic E-state index is 12.9. The molecule has 0 unspecified atom stereocenters. The summed E-state index contributed by atoms with van der Waals surface area (Å²) in [5.74, 6) is 1.32. The van der Waals surface area contributed by atoms with Crippen LogP contribution in [-0.4, -0.2) is 39.0 Å². The Morgan fingerprint density at radius 2 is 1.04 bits per heavy atom. The molecule has 8 rings (SSSR count). The Kier molecular flexibility index (Phi) is 8.42. The number of carbonyl (C=O) groups excluding carboxylic acids is 1. The van der Waals surface area contributed by atoms with Crippen molar-refractivity contribution in [2.24, 2.45) is 0 Å². The molecule has 8 aromatic rings. The fraction of sp³-hybridized carbons (Fsp3) is 0.159. The van der Waals surface area contributed by atoms with Crippen molar-refractivity contribution in [3.8, 4) is 22.6 Å². The second-order valence-corrected chi connectivity index (χ2v) is 12.2. The molecule has 8 aromatic carbocycles. The van der Waals surface area contributed by atoms with E-state index in [1.165, 1.54) is 26.9 Å². The Morgan fingerprint density at radius 1 is 0.490 bits per heavy atom. The van der Waals surface area contributed by atoms with Gasteiger partial charge in [-0.25, -0.2) is 0 Å². The highest BCUT2D eigenvalue weighted by molar-refractivity contribution is 6.23. The molecule has 242 valence electrons. The lowest BCUT2D eigenvalue weighted by molar-refractivity contribution is -0.144. The minimum absolute atomic E-state index is 0.180. The van der Waals surface area contributed by atoms with Crippen LogP contribution in [0.1, 0.15) is 12.5 Å². The van der Waals surface area contributed by atoms with E-state index in [4.69, 9.17) is 18.9 Å². The van der Waals surface area contributed by atoms with E-state index >= 15 is 0 Å². The third kappa shape index (κ3) is 5.87. The van der Waals surface area contributed by atoms with Crippen molar-refractivity contribution in [1.82, 2.24) is 0 Å². The van der Waals surface area contributed by atoms with Crippen molar-refractivity contribution < 1.29 is 23.7 Å². The highest BCUT2D eigenvalue weighted by Gasteiger charge is 2.19. The third-order valence-corrected chi connectivity index (χ3v) is 9.26. The fourth-order valence-electron chi connectivity index (χ4n) is 7.10. The molecule has 0 atom stereocenters. The molecule has 5 heteroatoms. The van der Waals surface area contributed by atoms with Crippen molar-refractivity contribution in [2.45, 2.75) is 13.3 Å². The number of hydrogen-bond acceptors (Lipinski definition) is 5. The summed E-state index contributed by atoms with van der Waals surface area (Å²) < 4.78 is 24.0. The van der Waals surface area contributed by atoms with Gasteiger partial charge in [0.05, 0.1) is 26.2 Å². The summed E-state index contributed by atoms with van der Waals surface area (Å²) in [7, 11) is 0. The number of ether oxygens (including phenoxy) is 4. The van der Waals surface area contributed by atoms with Gasteiger partial charge >= 0.3 is 5.97 Å². The monoisotopic (exact) mass is 644 g/mol. The molecule has 0 heterocycles. The number of hydrogen-bond donors (Lipinski definition) is 0. The maximum absolute atomic E-state index is 12.9. The largest absolute Gasteiger partial charge is 0.493 e. The number of benzene rings is 8. The zero-order valence-corrected chi connectivity index (χ0v) is 27.4. The molecule has 0 aromatic heterocycles. The van der Waals surface area contributed by atoms with E-state index in [1.54, 1.807) is 0 Å². The molecule has 0 aliphatic heterocycles. The lowest BCUT2D eigenvalue weighted by atomic mass is 9.91. The van der Waals surface area contributed by atoms with E-state index in [0.29, 0.717) is 19.8 Å². The molecule has 0 N–H and O–H groups in total. The first kappa shape index (κ1) is 30.7. The second kappa shape index (κ2) is 13.5. The first-order valence-corrected chi connectivity index (χ1v) is 16.9. The Balaban J connectivity index is 0.919. The molecular formula is C44H36O5. The highest BCUT2D eigenvalue weighted by atomic mass is 16.6. The SMILES string of the molecule is CCOc1ccc2ccccc2c1-c1c(OCCOCCOC(=O)Cc2ccc3ccc4cccc5ccc2c3c45)ccc2ccccc12. The van der Waals surface area contributed by atoms with Crippen LogP contribution in [0, 0.1) is 0 Å². The van der Waals surface area contributed by atoms with Gasteiger partial charge in [-0.15, -0.1) is 0 Å². The summed E-state index contributed by atoms with van der Waals surface area (Å²) in [5.41, 5.74) is 2.98. The molecule has 0 spiro atoms. The summed E-state index contributed by atoms with van der Waals surface area (Å²) in [4.78, 5) is 12.9. The van der Waals surface area contributed by atoms with Crippen LogP contribution in [0.25, 0.3) is 65.0 Å². The average Bonchev–Trinajstić information content (AvgIpc) is 3.14. The van der Waals surface area contributed by atoms with Crippen molar-refractivity contribution in [3.05, 3.63) is 133 Å². The smallest absolute Gasteiger partial charge is 0.310 e. The molecule has 0 aliphatic carbocycles. The summed E-state index contributed by atoms with van der Waals surface area (Å²) in [6.45, 7) is 3.73. The van der Waals surface area contributed by atoms with Gasteiger partial charge in [0, 0.05) is 11.1 Å².